The molecule has 0 unspecified atom stereocenters. The zero-order chi connectivity index (χ0) is 14.8. The van der Waals surface area contributed by atoms with Crippen LogP contribution in [0.25, 0.3) is 21.7 Å². The predicted molar refractivity (Wildman–Crippen MR) is 87.1 cm³/mol. The molecule has 3 nitrogen and oxygen atoms in total. The van der Waals surface area contributed by atoms with Gasteiger partial charge in [0.05, 0.1) is 10.6 Å². The largest absolute Gasteiger partial charge is 0.383 e. The first-order chi connectivity index (χ1) is 10.2. The van der Waals surface area contributed by atoms with Crippen molar-refractivity contribution in [2.75, 3.05) is 5.73 Å². The van der Waals surface area contributed by atoms with Gasteiger partial charge in [-0.15, -0.1) is 11.3 Å². The number of aromatic nitrogens is 1. The predicted octanol–water partition coefficient (Wildman–Crippen LogP) is 4.58. The zero-order valence-corrected chi connectivity index (χ0v) is 12.4. The molecule has 21 heavy (non-hydrogen) atoms. The fraction of sp³-hybridized carbons (Fsp3) is 0. The van der Waals surface area contributed by atoms with E-state index in [1.807, 2.05) is 41.8 Å². The fourth-order valence-electron chi connectivity index (χ4n) is 2.12. The average molecular weight is 312 g/mol. The minimum atomic E-state index is 0.235. The number of anilines is 1. The van der Waals surface area contributed by atoms with Gasteiger partial charge in [-0.25, -0.2) is 4.98 Å². The Hall–Kier alpha value is -2.35. The summed E-state index contributed by atoms with van der Waals surface area (Å²) < 4.78 is 0. The summed E-state index contributed by atoms with van der Waals surface area (Å²) in [5.41, 5.74) is 8.68. The van der Waals surface area contributed by atoms with Crippen LogP contribution in [0, 0.1) is 11.3 Å². The van der Waals surface area contributed by atoms with Crippen molar-refractivity contribution < 1.29 is 0 Å². The van der Waals surface area contributed by atoms with Crippen LogP contribution < -0.4 is 5.73 Å². The summed E-state index contributed by atoms with van der Waals surface area (Å²) in [4.78, 5) is 5.34. The first kappa shape index (κ1) is 13.6. The molecule has 0 spiro atoms. The quantitative estimate of drug-likeness (QED) is 0.753. The highest BCUT2D eigenvalue weighted by Gasteiger charge is 2.14. The molecule has 3 aromatic rings. The van der Waals surface area contributed by atoms with Gasteiger partial charge < -0.3 is 5.73 Å². The first-order valence-corrected chi connectivity index (χ1v) is 7.45. The SMILES string of the molecule is N#Cc1c(-c2cccc(Cl)c2)cc(-c2cccs2)nc1N. The lowest BCUT2D eigenvalue weighted by molar-refractivity contribution is 1.32. The number of hydrogen-bond acceptors (Lipinski definition) is 4. The first-order valence-electron chi connectivity index (χ1n) is 6.19. The highest BCUT2D eigenvalue weighted by atomic mass is 35.5. The van der Waals surface area contributed by atoms with E-state index < -0.39 is 0 Å². The van der Waals surface area contributed by atoms with Crippen molar-refractivity contribution in [1.29, 1.82) is 5.26 Å². The number of nitrogens with two attached hydrogens (primary N) is 1. The molecule has 102 valence electrons. The van der Waals surface area contributed by atoms with Crippen molar-refractivity contribution >= 4 is 28.8 Å². The lowest BCUT2D eigenvalue weighted by Crippen LogP contribution is -1.99. The second kappa shape index (κ2) is 5.57. The number of thiophene rings is 1. The standard InChI is InChI=1S/C16H10ClN3S/c17-11-4-1-3-10(7-11)12-8-14(15-5-2-6-21-15)20-16(19)13(12)9-18/h1-8H,(H2,19,20). The Morgan fingerprint density at radius 1 is 1.19 bits per heavy atom. The van der Waals surface area contributed by atoms with Gasteiger partial charge >= 0.3 is 0 Å². The molecule has 0 bridgehead atoms. The molecule has 2 N–H and O–H groups in total. The summed E-state index contributed by atoms with van der Waals surface area (Å²) in [7, 11) is 0. The van der Waals surface area contributed by atoms with Gasteiger partial charge in [0.1, 0.15) is 17.5 Å². The minimum Gasteiger partial charge on any atom is -0.383 e. The molecular weight excluding hydrogens is 302 g/mol. The third-order valence-corrected chi connectivity index (χ3v) is 4.20. The van der Waals surface area contributed by atoms with E-state index in [1.54, 1.807) is 17.4 Å². The average Bonchev–Trinajstić information content (AvgIpc) is 3.00. The summed E-state index contributed by atoms with van der Waals surface area (Å²) in [6, 6.07) is 15.3. The molecule has 0 aliphatic heterocycles. The lowest BCUT2D eigenvalue weighted by Gasteiger charge is -2.09. The normalized spacial score (nSPS) is 10.3. The molecule has 5 heteroatoms. The molecule has 1 aromatic carbocycles. The maximum atomic E-state index is 9.35. The van der Waals surface area contributed by atoms with Crippen molar-refractivity contribution in [2.45, 2.75) is 0 Å². The van der Waals surface area contributed by atoms with Crippen molar-refractivity contribution in [1.82, 2.24) is 4.98 Å². The highest BCUT2D eigenvalue weighted by molar-refractivity contribution is 7.13. The lowest BCUT2D eigenvalue weighted by atomic mass is 10.00. The molecule has 0 atom stereocenters. The molecule has 0 amide bonds. The Morgan fingerprint density at radius 2 is 2.05 bits per heavy atom. The second-order valence-corrected chi connectivity index (χ2v) is 5.80. The smallest absolute Gasteiger partial charge is 0.142 e. The highest BCUT2D eigenvalue weighted by Crippen LogP contribution is 2.33. The van der Waals surface area contributed by atoms with Gasteiger partial charge in [-0.3, -0.25) is 0 Å². The Morgan fingerprint density at radius 3 is 2.71 bits per heavy atom. The van der Waals surface area contributed by atoms with Gasteiger partial charge in [-0.05, 0) is 35.2 Å². The van der Waals surface area contributed by atoms with Crippen LogP contribution in [0.4, 0.5) is 5.82 Å². The second-order valence-electron chi connectivity index (χ2n) is 4.41. The molecular formula is C16H10ClN3S. The Kier molecular flexibility index (Phi) is 3.61. The van der Waals surface area contributed by atoms with Crippen LogP contribution in [0.5, 0.6) is 0 Å². The maximum absolute atomic E-state index is 9.35. The van der Waals surface area contributed by atoms with E-state index in [4.69, 9.17) is 17.3 Å². The van der Waals surface area contributed by atoms with Crippen LogP contribution in [-0.2, 0) is 0 Å². The van der Waals surface area contributed by atoms with Crippen LogP contribution in [0.15, 0.2) is 47.8 Å². The van der Waals surface area contributed by atoms with Crippen molar-refractivity contribution in [3.8, 4) is 27.8 Å². The molecule has 2 heterocycles. The van der Waals surface area contributed by atoms with Crippen LogP contribution in [0.1, 0.15) is 5.56 Å². The number of nitriles is 1. The molecule has 0 fully saturated rings. The van der Waals surface area contributed by atoms with Gasteiger partial charge in [0.2, 0.25) is 0 Å². The number of benzene rings is 1. The van der Waals surface area contributed by atoms with Crippen molar-refractivity contribution in [3.63, 3.8) is 0 Å². The number of rotatable bonds is 2. The molecule has 0 aliphatic rings. The number of halogens is 1. The molecule has 0 aliphatic carbocycles. The van der Waals surface area contributed by atoms with E-state index in [0.29, 0.717) is 10.6 Å². The van der Waals surface area contributed by atoms with Crippen LogP contribution in [0.2, 0.25) is 5.02 Å². The molecule has 3 rings (SSSR count). The minimum absolute atomic E-state index is 0.235. The third-order valence-electron chi connectivity index (χ3n) is 3.07. The van der Waals surface area contributed by atoms with Gasteiger partial charge in [0, 0.05) is 10.6 Å². The zero-order valence-electron chi connectivity index (χ0n) is 10.9. The van der Waals surface area contributed by atoms with E-state index >= 15 is 0 Å². The topological polar surface area (TPSA) is 62.7 Å². The fourth-order valence-corrected chi connectivity index (χ4v) is 2.99. The Balaban J connectivity index is 2.25. The van der Waals surface area contributed by atoms with Gasteiger partial charge in [0.25, 0.3) is 0 Å². The summed E-state index contributed by atoms with van der Waals surface area (Å²) in [5, 5.41) is 11.9. The van der Waals surface area contributed by atoms with E-state index in [1.165, 1.54) is 0 Å². The van der Waals surface area contributed by atoms with E-state index in [0.717, 1.165) is 21.7 Å². The monoisotopic (exact) mass is 311 g/mol. The molecule has 2 aromatic heterocycles. The van der Waals surface area contributed by atoms with E-state index in [9.17, 15) is 5.26 Å². The van der Waals surface area contributed by atoms with Crippen LogP contribution >= 0.6 is 22.9 Å². The van der Waals surface area contributed by atoms with E-state index in [-0.39, 0.29) is 5.82 Å². The Bertz CT molecular complexity index is 835. The maximum Gasteiger partial charge on any atom is 0.142 e. The number of pyridine rings is 1. The number of nitrogen functional groups attached to an aromatic ring is 1. The molecule has 0 radical (unpaired) electrons. The summed E-state index contributed by atoms with van der Waals surface area (Å²) in [6.45, 7) is 0. The molecule has 0 saturated heterocycles. The summed E-state index contributed by atoms with van der Waals surface area (Å²) in [5.74, 6) is 0.235. The van der Waals surface area contributed by atoms with Gasteiger partial charge in [0.15, 0.2) is 0 Å². The van der Waals surface area contributed by atoms with E-state index in [2.05, 4.69) is 11.1 Å². The van der Waals surface area contributed by atoms with Crippen LogP contribution in [-0.4, -0.2) is 4.98 Å². The van der Waals surface area contributed by atoms with Gasteiger partial charge in [-0.1, -0.05) is 29.8 Å². The molecule has 0 saturated carbocycles. The summed E-state index contributed by atoms with van der Waals surface area (Å²) >= 11 is 7.62. The third kappa shape index (κ3) is 2.62. The summed E-state index contributed by atoms with van der Waals surface area (Å²) in [6.07, 6.45) is 0. The van der Waals surface area contributed by atoms with Crippen LogP contribution in [0.3, 0.4) is 0 Å². The number of hydrogen-bond donors (Lipinski definition) is 1. The van der Waals surface area contributed by atoms with Crippen molar-refractivity contribution in [3.05, 3.63) is 58.4 Å². The van der Waals surface area contributed by atoms with Crippen molar-refractivity contribution in [2.24, 2.45) is 0 Å². The van der Waals surface area contributed by atoms with Gasteiger partial charge in [-0.2, -0.15) is 5.26 Å². The Labute approximate surface area is 131 Å². The number of nitrogens with zero attached hydrogens (tertiary/aromatic N) is 2.